The van der Waals surface area contributed by atoms with Gasteiger partial charge in [-0.2, -0.15) is 0 Å². The molecule has 0 radical (unpaired) electrons. The number of carboxylic acids is 1. The number of carboxylic acid groups (broad SMARTS) is 1. The zero-order valence-corrected chi connectivity index (χ0v) is 9.85. The first-order valence-electron chi connectivity index (χ1n) is 5.60. The minimum Gasteiger partial charge on any atom is -0.478 e. The summed E-state index contributed by atoms with van der Waals surface area (Å²) in [7, 11) is 0. The van der Waals surface area contributed by atoms with Gasteiger partial charge >= 0.3 is 5.97 Å². The second-order valence-electron chi connectivity index (χ2n) is 4.03. The third-order valence-electron chi connectivity index (χ3n) is 2.97. The van der Waals surface area contributed by atoms with Crippen molar-refractivity contribution in [3.8, 4) is 0 Å². The lowest BCUT2D eigenvalue weighted by molar-refractivity contribution is -0.132. The molecule has 1 atom stereocenters. The van der Waals surface area contributed by atoms with Gasteiger partial charge in [0.1, 0.15) is 5.82 Å². The molecule has 94 valence electrons. The number of nitrogens with zero attached hydrogens (tertiary/aromatic N) is 1. The number of hydrogen-bond donors (Lipinski definition) is 2. The molecule has 2 rings (SSSR count). The topological polar surface area (TPSA) is 61.7 Å². The molecular formula is C13H13FN2O2. The summed E-state index contributed by atoms with van der Waals surface area (Å²) in [5, 5.41) is 11.8. The number of rotatable bonds is 3. The van der Waals surface area contributed by atoms with Crippen LogP contribution in [-0.2, 0) is 10.5 Å². The zero-order chi connectivity index (χ0) is 13.2. The molecular weight excluding hydrogens is 235 g/mol. The summed E-state index contributed by atoms with van der Waals surface area (Å²) in [6.07, 6.45) is 3.37. The van der Waals surface area contributed by atoms with E-state index < -0.39 is 11.6 Å². The van der Waals surface area contributed by atoms with Crippen molar-refractivity contribution in [3.63, 3.8) is 0 Å². The van der Waals surface area contributed by atoms with Gasteiger partial charge in [-0.15, -0.1) is 0 Å². The van der Waals surface area contributed by atoms with Crippen molar-refractivity contribution in [3.05, 3.63) is 47.4 Å². The molecule has 0 aliphatic carbocycles. The minimum atomic E-state index is -1.03. The van der Waals surface area contributed by atoms with Gasteiger partial charge in [-0.05, 0) is 24.1 Å². The molecule has 0 bridgehead atoms. The summed E-state index contributed by atoms with van der Waals surface area (Å²) in [6.45, 7) is 1.92. The normalized spacial score (nSPS) is 22.2. The van der Waals surface area contributed by atoms with Gasteiger partial charge in [0, 0.05) is 12.4 Å². The Hall–Kier alpha value is -2.17. The standard InChI is InChI=1S/C13H13FN2O2/c1-2-13(10-3-5-11(14)6-4-10)15-7-9(8-16-13)12(17)18/h3-8,15H,2H2,1H3,(H,17,18). The maximum absolute atomic E-state index is 12.9. The van der Waals surface area contributed by atoms with E-state index in [1.165, 1.54) is 24.5 Å². The first-order chi connectivity index (χ1) is 8.57. The van der Waals surface area contributed by atoms with E-state index >= 15 is 0 Å². The van der Waals surface area contributed by atoms with E-state index in [1.54, 1.807) is 12.1 Å². The van der Waals surface area contributed by atoms with Crippen LogP contribution in [-0.4, -0.2) is 17.3 Å². The summed E-state index contributed by atoms with van der Waals surface area (Å²) >= 11 is 0. The monoisotopic (exact) mass is 248 g/mol. The average Bonchev–Trinajstić information content (AvgIpc) is 2.39. The molecule has 1 aliphatic heterocycles. The van der Waals surface area contributed by atoms with Crippen LogP contribution in [0, 0.1) is 5.82 Å². The summed E-state index contributed by atoms with van der Waals surface area (Å²) in [5.41, 5.74) is 0.177. The summed E-state index contributed by atoms with van der Waals surface area (Å²) in [6, 6.07) is 6.01. The van der Waals surface area contributed by atoms with Crippen LogP contribution in [0.4, 0.5) is 4.39 Å². The van der Waals surface area contributed by atoms with Crippen LogP contribution in [0.2, 0.25) is 0 Å². The van der Waals surface area contributed by atoms with Crippen molar-refractivity contribution < 1.29 is 14.3 Å². The highest BCUT2D eigenvalue weighted by Crippen LogP contribution is 2.28. The second-order valence-corrected chi connectivity index (χ2v) is 4.03. The van der Waals surface area contributed by atoms with Crippen molar-refractivity contribution in [2.45, 2.75) is 19.0 Å². The molecule has 2 N–H and O–H groups in total. The van der Waals surface area contributed by atoms with Gasteiger partial charge in [0.2, 0.25) is 0 Å². The van der Waals surface area contributed by atoms with Gasteiger partial charge in [-0.1, -0.05) is 19.1 Å². The first-order valence-corrected chi connectivity index (χ1v) is 5.60. The van der Waals surface area contributed by atoms with Gasteiger partial charge in [0.25, 0.3) is 0 Å². The number of benzene rings is 1. The van der Waals surface area contributed by atoms with Crippen molar-refractivity contribution in [1.29, 1.82) is 0 Å². The molecule has 4 nitrogen and oxygen atoms in total. The van der Waals surface area contributed by atoms with E-state index in [1.807, 2.05) is 6.92 Å². The largest absolute Gasteiger partial charge is 0.478 e. The Labute approximate surface area is 104 Å². The van der Waals surface area contributed by atoms with E-state index in [-0.39, 0.29) is 11.4 Å². The molecule has 18 heavy (non-hydrogen) atoms. The maximum atomic E-state index is 12.9. The van der Waals surface area contributed by atoms with Crippen LogP contribution >= 0.6 is 0 Å². The Morgan fingerprint density at radius 2 is 2.11 bits per heavy atom. The predicted octanol–water partition coefficient (Wildman–Crippen LogP) is 2.03. The van der Waals surface area contributed by atoms with E-state index in [0.717, 1.165) is 5.56 Å². The molecule has 0 aromatic heterocycles. The summed E-state index contributed by atoms with van der Waals surface area (Å²) in [4.78, 5) is 15.1. The van der Waals surface area contributed by atoms with Crippen molar-refractivity contribution in [2.24, 2.45) is 4.99 Å². The highest BCUT2D eigenvalue weighted by Gasteiger charge is 2.30. The molecule has 0 saturated carbocycles. The number of halogens is 1. The highest BCUT2D eigenvalue weighted by atomic mass is 19.1. The minimum absolute atomic E-state index is 0.0983. The lowest BCUT2D eigenvalue weighted by Gasteiger charge is -2.32. The van der Waals surface area contributed by atoms with E-state index in [2.05, 4.69) is 10.3 Å². The fourth-order valence-corrected chi connectivity index (χ4v) is 1.85. The van der Waals surface area contributed by atoms with Crippen LogP contribution in [0.15, 0.2) is 41.0 Å². The lowest BCUT2D eigenvalue weighted by atomic mass is 9.96. The van der Waals surface area contributed by atoms with Crippen LogP contribution < -0.4 is 5.32 Å². The highest BCUT2D eigenvalue weighted by molar-refractivity contribution is 6.08. The fourth-order valence-electron chi connectivity index (χ4n) is 1.85. The molecule has 1 unspecified atom stereocenters. The zero-order valence-electron chi connectivity index (χ0n) is 9.85. The van der Waals surface area contributed by atoms with Crippen LogP contribution in [0.3, 0.4) is 0 Å². The Kier molecular flexibility index (Phi) is 3.14. The van der Waals surface area contributed by atoms with Gasteiger partial charge < -0.3 is 10.4 Å². The summed E-state index contributed by atoms with van der Waals surface area (Å²) in [5.74, 6) is -1.35. The van der Waals surface area contributed by atoms with Crippen molar-refractivity contribution in [2.75, 3.05) is 0 Å². The van der Waals surface area contributed by atoms with Crippen molar-refractivity contribution >= 4 is 12.2 Å². The number of aliphatic imine (C=N–C) groups is 1. The summed E-state index contributed by atoms with van der Waals surface area (Å²) < 4.78 is 12.9. The number of nitrogens with one attached hydrogen (secondary N) is 1. The molecule has 1 aromatic carbocycles. The number of hydrogen-bond acceptors (Lipinski definition) is 3. The third-order valence-corrected chi connectivity index (χ3v) is 2.97. The SMILES string of the molecule is CCC1(c2ccc(F)cc2)N=CC(C(=O)O)=CN1. The molecule has 1 aliphatic rings. The molecule has 0 saturated heterocycles. The Balaban J connectivity index is 2.33. The molecule has 1 aromatic rings. The van der Waals surface area contributed by atoms with E-state index in [0.29, 0.717) is 6.42 Å². The Bertz CT molecular complexity index is 522. The van der Waals surface area contributed by atoms with Gasteiger partial charge in [0.15, 0.2) is 5.66 Å². The predicted molar refractivity (Wildman–Crippen MR) is 65.7 cm³/mol. The van der Waals surface area contributed by atoms with Gasteiger partial charge in [0.05, 0.1) is 5.57 Å². The van der Waals surface area contributed by atoms with E-state index in [4.69, 9.17) is 5.11 Å². The number of aliphatic carboxylic acids is 1. The van der Waals surface area contributed by atoms with Crippen molar-refractivity contribution in [1.82, 2.24) is 5.32 Å². The maximum Gasteiger partial charge on any atom is 0.338 e. The fraction of sp³-hybridized carbons (Fsp3) is 0.231. The molecule has 0 spiro atoms. The molecule has 5 heteroatoms. The number of carbonyl (C=O) groups is 1. The van der Waals surface area contributed by atoms with E-state index in [9.17, 15) is 9.18 Å². The quantitative estimate of drug-likeness (QED) is 0.860. The average molecular weight is 248 g/mol. The lowest BCUT2D eigenvalue weighted by Crippen LogP contribution is -2.40. The molecule has 0 fully saturated rings. The first kappa shape index (κ1) is 12.3. The Morgan fingerprint density at radius 3 is 2.56 bits per heavy atom. The van der Waals surface area contributed by atoms with Gasteiger partial charge in [-0.3, -0.25) is 4.99 Å². The molecule has 0 amide bonds. The second kappa shape index (κ2) is 4.60. The van der Waals surface area contributed by atoms with Crippen LogP contribution in [0.25, 0.3) is 0 Å². The smallest absolute Gasteiger partial charge is 0.338 e. The van der Waals surface area contributed by atoms with Crippen LogP contribution in [0.5, 0.6) is 0 Å². The molecule has 1 heterocycles. The van der Waals surface area contributed by atoms with Crippen LogP contribution in [0.1, 0.15) is 18.9 Å². The third kappa shape index (κ3) is 2.11. The van der Waals surface area contributed by atoms with Gasteiger partial charge in [-0.25, -0.2) is 9.18 Å². The Morgan fingerprint density at radius 1 is 1.44 bits per heavy atom.